The molecular formula is C17H20INO4. The average molecular weight is 429 g/mol. The van der Waals surface area contributed by atoms with Gasteiger partial charge in [0.25, 0.3) is 0 Å². The van der Waals surface area contributed by atoms with Crippen LogP contribution in [0.15, 0.2) is 42.5 Å². The first-order chi connectivity index (χ1) is 11.1. The van der Waals surface area contributed by atoms with Crippen LogP contribution in [0.25, 0.3) is 0 Å². The number of nitrogens with one attached hydrogen (secondary N) is 1. The van der Waals surface area contributed by atoms with Crippen LogP contribution in [0.5, 0.6) is 0 Å². The van der Waals surface area contributed by atoms with Crippen LogP contribution in [-0.2, 0) is 20.8 Å². The molecule has 0 aromatic heterocycles. The number of fused-ring (bicyclic) bond motifs is 1. The summed E-state index contributed by atoms with van der Waals surface area (Å²) in [4.78, 5) is 11.3. The topological polar surface area (TPSA) is 56.8 Å². The van der Waals surface area contributed by atoms with Crippen molar-refractivity contribution in [1.29, 1.82) is 0 Å². The van der Waals surface area contributed by atoms with Crippen molar-refractivity contribution < 1.29 is 19.0 Å². The molecule has 0 radical (unpaired) electrons. The molecule has 0 aliphatic carbocycles. The Labute approximate surface area is 149 Å². The maximum atomic E-state index is 11.3. The highest BCUT2D eigenvalue weighted by Gasteiger charge is 2.46. The molecular weight excluding hydrogens is 409 g/mol. The molecule has 3 rings (SSSR count). The highest BCUT2D eigenvalue weighted by Crippen LogP contribution is 2.30. The minimum Gasteiger partial charge on any atom is -0.442 e. The Morgan fingerprint density at radius 1 is 1.39 bits per heavy atom. The zero-order chi connectivity index (χ0) is 16.2. The number of alkyl halides is 1. The maximum absolute atomic E-state index is 11.3. The van der Waals surface area contributed by atoms with E-state index in [4.69, 9.17) is 14.2 Å². The van der Waals surface area contributed by atoms with E-state index in [2.05, 4.69) is 34.5 Å². The van der Waals surface area contributed by atoms with Crippen LogP contribution in [0.3, 0.4) is 0 Å². The first kappa shape index (κ1) is 16.7. The Morgan fingerprint density at radius 3 is 2.96 bits per heavy atom. The summed E-state index contributed by atoms with van der Waals surface area (Å²) < 4.78 is 16.9. The van der Waals surface area contributed by atoms with Crippen molar-refractivity contribution >= 4 is 28.7 Å². The summed E-state index contributed by atoms with van der Waals surface area (Å²) in [6.07, 6.45) is 0.215. The van der Waals surface area contributed by atoms with Crippen LogP contribution < -0.4 is 5.32 Å². The fraction of sp³-hybridized carbons (Fsp3) is 0.471. The Bertz CT molecular complexity index is 565. The summed E-state index contributed by atoms with van der Waals surface area (Å²) in [5.41, 5.74) is 2.14. The smallest absolute Gasteiger partial charge is 0.407 e. The number of amides is 1. The molecule has 5 nitrogen and oxygen atoms in total. The monoisotopic (exact) mass is 429 g/mol. The van der Waals surface area contributed by atoms with Gasteiger partial charge in [-0.25, -0.2) is 4.79 Å². The standard InChI is InChI=1S/C17H20INO4/c1-11(8-21-9-12-5-3-2-4-6-12)7-13-15(18)16-14(10-22-13)23-17(20)19-16/h2-6,13-16H,1,7-10H2,(H,19,20)/t13-,14-,15-,16-/m1/s1. The Kier molecular flexibility index (Phi) is 5.55. The second kappa shape index (κ2) is 7.63. The van der Waals surface area contributed by atoms with E-state index in [1.54, 1.807) is 0 Å². The number of carbonyl (C=O) groups is 1. The number of benzene rings is 1. The number of rotatable bonds is 6. The van der Waals surface area contributed by atoms with Crippen molar-refractivity contribution in [3.8, 4) is 0 Å². The summed E-state index contributed by atoms with van der Waals surface area (Å²) >= 11 is 2.32. The lowest BCUT2D eigenvalue weighted by Crippen LogP contribution is -2.52. The van der Waals surface area contributed by atoms with Gasteiger partial charge in [0, 0.05) is 0 Å². The van der Waals surface area contributed by atoms with Crippen molar-refractivity contribution in [1.82, 2.24) is 5.32 Å². The van der Waals surface area contributed by atoms with Gasteiger partial charge in [-0.1, -0.05) is 59.5 Å². The van der Waals surface area contributed by atoms with Gasteiger partial charge in [0.1, 0.15) is 6.10 Å². The molecule has 2 fully saturated rings. The van der Waals surface area contributed by atoms with E-state index in [1.807, 2.05) is 30.3 Å². The number of halogens is 1. The average Bonchev–Trinajstić information content (AvgIpc) is 2.93. The minimum absolute atomic E-state index is 0.0138. The van der Waals surface area contributed by atoms with Crippen LogP contribution in [0, 0.1) is 0 Å². The largest absolute Gasteiger partial charge is 0.442 e. The van der Waals surface area contributed by atoms with Crippen molar-refractivity contribution in [2.75, 3.05) is 13.2 Å². The molecule has 0 saturated carbocycles. The summed E-state index contributed by atoms with van der Waals surface area (Å²) in [6.45, 7) is 5.61. The first-order valence-electron chi connectivity index (χ1n) is 7.64. The van der Waals surface area contributed by atoms with Crippen molar-refractivity contribution in [3.63, 3.8) is 0 Å². The Balaban J connectivity index is 1.44. The molecule has 2 heterocycles. The normalized spacial score (nSPS) is 29.5. The summed E-state index contributed by atoms with van der Waals surface area (Å²) in [5, 5.41) is 2.86. The SMILES string of the molecule is C=C(COCc1ccccc1)C[C@H]1OC[C@H]2OC(=O)N[C@H]2[C@@H]1I. The van der Waals surface area contributed by atoms with Gasteiger partial charge in [-0.15, -0.1) is 0 Å². The van der Waals surface area contributed by atoms with Crippen LogP contribution in [-0.4, -0.2) is 41.5 Å². The molecule has 2 aliphatic rings. The first-order valence-corrected chi connectivity index (χ1v) is 8.89. The number of hydrogen-bond acceptors (Lipinski definition) is 4. The highest BCUT2D eigenvalue weighted by molar-refractivity contribution is 14.1. The van der Waals surface area contributed by atoms with E-state index in [1.165, 1.54) is 0 Å². The van der Waals surface area contributed by atoms with E-state index >= 15 is 0 Å². The van der Waals surface area contributed by atoms with Gasteiger partial charge in [0.2, 0.25) is 0 Å². The maximum Gasteiger partial charge on any atom is 0.407 e. The molecule has 1 aromatic rings. The van der Waals surface area contributed by atoms with E-state index in [0.29, 0.717) is 19.8 Å². The van der Waals surface area contributed by atoms with Crippen LogP contribution >= 0.6 is 22.6 Å². The Morgan fingerprint density at radius 2 is 2.17 bits per heavy atom. The highest BCUT2D eigenvalue weighted by atomic mass is 127. The van der Waals surface area contributed by atoms with Crippen LogP contribution in [0.1, 0.15) is 12.0 Å². The molecule has 2 saturated heterocycles. The predicted molar refractivity (Wildman–Crippen MR) is 94.6 cm³/mol. The quantitative estimate of drug-likeness (QED) is 0.430. The zero-order valence-corrected chi connectivity index (χ0v) is 14.9. The summed E-state index contributed by atoms with van der Waals surface area (Å²) in [6, 6.07) is 10.1. The molecule has 1 amide bonds. The number of ether oxygens (including phenoxy) is 3. The van der Waals surface area contributed by atoms with Crippen molar-refractivity contribution in [2.45, 2.75) is 35.2 Å². The van der Waals surface area contributed by atoms with Gasteiger partial charge in [-0.05, 0) is 17.6 Å². The van der Waals surface area contributed by atoms with Gasteiger partial charge in [0.05, 0.1) is 35.9 Å². The molecule has 4 atom stereocenters. The van der Waals surface area contributed by atoms with Gasteiger partial charge in [-0.3, -0.25) is 0 Å². The molecule has 2 aliphatic heterocycles. The van der Waals surface area contributed by atoms with Gasteiger partial charge < -0.3 is 19.5 Å². The molecule has 124 valence electrons. The fourth-order valence-corrected chi connectivity index (χ4v) is 3.94. The molecule has 0 unspecified atom stereocenters. The second-order valence-electron chi connectivity index (χ2n) is 5.86. The lowest BCUT2D eigenvalue weighted by Gasteiger charge is -2.35. The third-order valence-electron chi connectivity index (χ3n) is 4.02. The van der Waals surface area contributed by atoms with E-state index in [0.717, 1.165) is 17.6 Å². The second-order valence-corrected chi connectivity index (χ2v) is 7.30. The van der Waals surface area contributed by atoms with E-state index < -0.39 is 0 Å². The number of carbonyl (C=O) groups excluding carboxylic acids is 1. The van der Waals surface area contributed by atoms with Gasteiger partial charge >= 0.3 is 6.09 Å². The summed E-state index contributed by atoms with van der Waals surface area (Å²) in [7, 11) is 0. The summed E-state index contributed by atoms with van der Waals surface area (Å²) in [5.74, 6) is 0. The molecule has 0 bridgehead atoms. The molecule has 1 N–H and O–H groups in total. The number of hydrogen-bond donors (Lipinski definition) is 1. The van der Waals surface area contributed by atoms with Gasteiger partial charge in [-0.2, -0.15) is 0 Å². The lowest BCUT2D eigenvalue weighted by molar-refractivity contribution is -0.0441. The molecule has 0 spiro atoms. The third kappa shape index (κ3) is 4.24. The molecule has 1 aromatic carbocycles. The van der Waals surface area contributed by atoms with Crippen LogP contribution in [0.4, 0.5) is 4.79 Å². The Hall–Kier alpha value is -1.12. The van der Waals surface area contributed by atoms with E-state index in [9.17, 15) is 4.79 Å². The minimum atomic E-state index is -0.351. The van der Waals surface area contributed by atoms with E-state index in [-0.39, 0.29) is 28.3 Å². The third-order valence-corrected chi connectivity index (χ3v) is 5.60. The van der Waals surface area contributed by atoms with Crippen molar-refractivity contribution in [2.24, 2.45) is 0 Å². The molecule has 6 heteroatoms. The van der Waals surface area contributed by atoms with Crippen molar-refractivity contribution in [3.05, 3.63) is 48.0 Å². The predicted octanol–water partition coefficient (Wildman–Crippen LogP) is 2.83. The van der Waals surface area contributed by atoms with Gasteiger partial charge in [0.15, 0.2) is 0 Å². The zero-order valence-electron chi connectivity index (χ0n) is 12.7. The lowest BCUT2D eigenvalue weighted by atomic mass is 9.97. The molecule has 23 heavy (non-hydrogen) atoms. The number of alkyl carbamates (subject to hydrolysis) is 1. The van der Waals surface area contributed by atoms with Crippen LogP contribution in [0.2, 0.25) is 0 Å². The fourth-order valence-electron chi connectivity index (χ4n) is 2.84.